The first-order valence-electron chi connectivity index (χ1n) is 8.42. The minimum atomic E-state index is -0.548. The zero-order valence-corrected chi connectivity index (χ0v) is 15.1. The number of anilines is 1. The fourth-order valence-electron chi connectivity index (χ4n) is 2.99. The molecular weight excluding hydrogens is 356 g/mol. The predicted octanol–water partition coefficient (Wildman–Crippen LogP) is 2.65. The van der Waals surface area contributed by atoms with Crippen LogP contribution in [0.15, 0.2) is 23.6 Å². The zero-order valence-electron chi connectivity index (χ0n) is 14.2. The Morgan fingerprint density at radius 3 is 2.88 bits per heavy atom. The van der Waals surface area contributed by atoms with Gasteiger partial charge in [-0.2, -0.15) is 0 Å². The van der Waals surface area contributed by atoms with E-state index in [1.54, 1.807) is 12.3 Å². The van der Waals surface area contributed by atoms with Gasteiger partial charge in [0.05, 0.1) is 24.1 Å². The van der Waals surface area contributed by atoms with Crippen LogP contribution in [0.25, 0.3) is 0 Å². The number of rotatable bonds is 6. The van der Waals surface area contributed by atoms with Crippen molar-refractivity contribution in [3.05, 3.63) is 34.8 Å². The van der Waals surface area contributed by atoms with Crippen LogP contribution in [0.3, 0.4) is 0 Å². The number of thiazole rings is 1. The SMILES string of the molecule is CCOC(=O)Cc1csc(NC(=O)C2(c3ccc4c(c3)OCO4)CC2)n1. The number of hydrogen-bond donors (Lipinski definition) is 1. The first-order valence-corrected chi connectivity index (χ1v) is 9.30. The topological polar surface area (TPSA) is 86.8 Å². The molecule has 1 aliphatic carbocycles. The molecule has 1 aromatic heterocycles. The number of esters is 1. The molecule has 0 spiro atoms. The number of fused-ring (bicyclic) bond motifs is 1. The lowest BCUT2D eigenvalue weighted by Crippen LogP contribution is -2.27. The summed E-state index contributed by atoms with van der Waals surface area (Å²) in [5.74, 6) is 0.962. The van der Waals surface area contributed by atoms with Crippen molar-refractivity contribution in [2.24, 2.45) is 0 Å². The highest BCUT2D eigenvalue weighted by Crippen LogP contribution is 2.51. The van der Waals surface area contributed by atoms with Gasteiger partial charge in [0.2, 0.25) is 12.7 Å². The van der Waals surface area contributed by atoms with Crippen molar-refractivity contribution in [3.63, 3.8) is 0 Å². The minimum Gasteiger partial charge on any atom is -0.466 e. The first-order chi connectivity index (χ1) is 12.6. The number of aromatic nitrogens is 1. The van der Waals surface area contributed by atoms with E-state index in [0.717, 1.165) is 18.4 Å². The number of hydrogen-bond acceptors (Lipinski definition) is 7. The lowest BCUT2D eigenvalue weighted by Gasteiger charge is -2.15. The molecule has 0 unspecified atom stereocenters. The van der Waals surface area contributed by atoms with E-state index in [1.807, 2.05) is 18.2 Å². The number of nitrogens with zero attached hydrogens (tertiary/aromatic N) is 1. The smallest absolute Gasteiger partial charge is 0.311 e. The van der Waals surface area contributed by atoms with Crippen LogP contribution in [-0.4, -0.2) is 30.3 Å². The van der Waals surface area contributed by atoms with Gasteiger partial charge < -0.3 is 19.5 Å². The van der Waals surface area contributed by atoms with E-state index >= 15 is 0 Å². The Kier molecular flexibility index (Phi) is 4.28. The van der Waals surface area contributed by atoms with Crippen molar-refractivity contribution < 1.29 is 23.8 Å². The maximum Gasteiger partial charge on any atom is 0.311 e. The molecule has 2 aromatic rings. The Labute approximate surface area is 154 Å². The van der Waals surface area contributed by atoms with Gasteiger partial charge in [0, 0.05) is 5.38 Å². The Morgan fingerprint density at radius 2 is 2.12 bits per heavy atom. The molecule has 1 saturated carbocycles. The molecule has 0 atom stereocenters. The number of carbonyl (C=O) groups is 2. The molecule has 8 heteroatoms. The van der Waals surface area contributed by atoms with E-state index in [9.17, 15) is 9.59 Å². The fourth-order valence-corrected chi connectivity index (χ4v) is 3.69. The summed E-state index contributed by atoms with van der Waals surface area (Å²) in [6.07, 6.45) is 1.66. The molecule has 7 nitrogen and oxygen atoms in total. The standard InChI is InChI=1S/C18H18N2O5S/c1-2-23-15(21)8-12-9-26-17(19-12)20-16(22)18(5-6-18)11-3-4-13-14(7-11)25-10-24-13/h3-4,7,9H,2,5-6,8,10H2,1H3,(H,19,20,22). The van der Waals surface area contributed by atoms with Gasteiger partial charge in [0.1, 0.15) is 0 Å². The summed E-state index contributed by atoms with van der Waals surface area (Å²) in [6, 6.07) is 5.63. The number of benzene rings is 1. The summed E-state index contributed by atoms with van der Waals surface area (Å²) in [4.78, 5) is 28.7. The number of carbonyl (C=O) groups excluding carboxylic acids is 2. The van der Waals surface area contributed by atoms with Gasteiger partial charge in [0.25, 0.3) is 0 Å². The van der Waals surface area contributed by atoms with Crippen LogP contribution in [0.1, 0.15) is 31.0 Å². The molecule has 136 valence electrons. The van der Waals surface area contributed by atoms with Crippen LogP contribution >= 0.6 is 11.3 Å². The maximum atomic E-state index is 12.8. The molecule has 1 N–H and O–H groups in total. The molecule has 0 bridgehead atoms. The van der Waals surface area contributed by atoms with E-state index in [-0.39, 0.29) is 25.1 Å². The Balaban J connectivity index is 1.45. The predicted molar refractivity (Wildman–Crippen MR) is 94.6 cm³/mol. The summed E-state index contributed by atoms with van der Waals surface area (Å²) in [6.45, 7) is 2.31. The monoisotopic (exact) mass is 374 g/mol. The molecule has 2 aliphatic rings. The average Bonchev–Trinajstić information content (AvgIpc) is 3.10. The quantitative estimate of drug-likeness (QED) is 0.782. The molecule has 26 heavy (non-hydrogen) atoms. The minimum absolute atomic E-state index is 0.0894. The summed E-state index contributed by atoms with van der Waals surface area (Å²) in [7, 11) is 0. The summed E-state index contributed by atoms with van der Waals surface area (Å²) < 4.78 is 15.6. The van der Waals surface area contributed by atoms with Crippen LogP contribution in [0.5, 0.6) is 11.5 Å². The fraction of sp³-hybridized carbons (Fsp3) is 0.389. The summed E-state index contributed by atoms with van der Waals surface area (Å²) >= 11 is 1.30. The largest absolute Gasteiger partial charge is 0.466 e. The second-order valence-corrected chi connectivity index (χ2v) is 7.09. The van der Waals surface area contributed by atoms with Crippen molar-refractivity contribution in [1.29, 1.82) is 0 Å². The second kappa shape index (κ2) is 6.60. The van der Waals surface area contributed by atoms with Crippen molar-refractivity contribution in [2.45, 2.75) is 31.6 Å². The molecule has 4 rings (SSSR count). The highest BCUT2D eigenvalue weighted by Gasteiger charge is 2.52. The number of ether oxygens (including phenoxy) is 3. The zero-order chi connectivity index (χ0) is 18.1. The van der Waals surface area contributed by atoms with Crippen molar-refractivity contribution in [2.75, 3.05) is 18.7 Å². The Hall–Kier alpha value is -2.61. The summed E-state index contributed by atoms with van der Waals surface area (Å²) in [5, 5.41) is 5.12. The molecule has 2 heterocycles. The van der Waals surface area contributed by atoms with Crippen LogP contribution in [0, 0.1) is 0 Å². The third-order valence-electron chi connectivity index (χ3n) is 4.51. The van der Waals surface area contributed by atoms with Gasteiger partial charge >= 0.3 is 5.97 Å². The third kappa shape index (κ3) is 3.12. The van der Waals surface area contributed by atoms with Gasteiger partial charge in [-0.15, -0.1) is 11.3 Å². The van der Waals surface area contributed by atoms with Crippen LogP contribution in [0.4, 0.5) is 5.13 Å². The Bertz CT molecular complexity index is 859. The van der Waals surface area contributed by atoms with Crippen LogP contribution in [-0.2, 0) is 26.2 Å². The molecule has 1 amide bonds. The average molecular weight is 374 g/mol. The molecule has 1 aromatic carbocycles. The third-order valence-corrected chi connectivity index (χ3v) is 5.32. The van der Waals surface area contributed by atoms with Crippen molar-refractivity contribution in [1.82, 2.24) is 4.98 Å². The maximum absolute atomic E-state index is 12.8. The molecule has 0 saturated heterocycles. The van der Waals surface area contributed by atoms with E-state index in [2.05, 4.69) is 10.3 Å². The highest BCUT2D eigenvalue weighted by atomic mass is 32.1. The molecule has 1 fully saturated rings. The lowest BCUT2D eigenvalue weighted by molar-refractivity contribution is -0.142. The highest BCUT2D eigenvalue weighted by molar-refractivity contribution is 7.14. The number of amides is 1. The van der Waals surface area contributed by atoms with Crippen molar-refractivity contribution in [3.8, 4) is 11.5 Å². The van der Waals surface area contributed by atoms with E-state index < -0.39 is 5.41 Å². The second-order valence-electron chi connectivity index (χ2n) is 6.23. The molecule has 0 radical (unpaired) electrons. The van der Waals surface area contributed by atoms with Crippen LogP contribution < -0.4 is 14.8 Å². The van der Waals surface area contributed by atoms with E-state index in [0.29, 0.717) is 28.9 Å². The first kappa shape index (κ1) is 16.8. The van der Waals surface area contributed by atoms with E-state index in [1.165, 1.54) is 11.3 Å². The number of nitrogens with one attached hydrogen (secondary N) is 1. The van der Waals surface area contributed by atoms with Gasteiger partial charge in [0.15, 0.2) is 16.6 Å². The molecule has 1 aliphatic heterocycles. The van der Waals surface area contributed by atoms with E-state index in [4.69, 9.17) is 14.2 Å². The van der Waals surface area contributed by atoms with Gasteiger partial charge in [-0.05, 0) is 37.5 Å². The lowest BCUT2D eigenvalue weighted by atomic mass is 9.94. The van der Waals surface area contributed by atoms with Gasteiger partial charge in [-0.1, -0.05) is 6.07 Å². The van der Waals surface area contributed by atoms with Crippen molar-refractivity contribution >= 4 is 28.3 Å². The van der Waals surface area contributed by atoms with Crippen LogP contribution in [0.2, 0.25) is 0 Å². The van der Waals surface area contributed by atoms with Gasteiger partial charge in [-0.3, -0.25) is 9.59 Å². The normalized spacial score (nSPS) is 16.2. The summed E-state index contributed by atoms with van der Waals surface area (Å²) in [5.41, 5.74) is 0.966. The Morgan fingerprint density at radius 1 is 1.31 bits per heavy atom. The molecular formula is C18H18N2O5S. The van der Waals surface area contributed by atoms with Gasteiger partial charge in [-0.25, -0.2) is 4.98 Å².